The number of carbonyl (C=O) groups is 6. The van der Waals surface area contributed by atoms with Crippen molar-refractivity contribution in [2.45, 2.75) is 97.3 Å². The average molecular weight is 514 g/mol. The highest BCUT2D eigenvalue weighted by molar-refractivity contribution is 5.95. The molecule has 0 fully saturated rings. The topological polar surface area (TPSA) is 197 Å². The van der Waals surface area contributed by atoms with E-state index in [0.29, 0.717) is 38.5 Å². The Morgan fingerprint density at radius 2 is 1.31 bits per heavy atom. The van der Waals surface area contributed by atoms with Crippen LogP contribution in [0.3, 0.4) is 0 Å². The molecule has 0 aliphatic rings. The molecule has 12 heteroatoms. The smallest absolute Gasteiger partial charge is 0.305 e. The van der Waals surface area contributed by atoms with Gasteiger partial charge in [-0.25, -0.2) is 0 Å². The van der Waals surface area contributed by atoms with Crippen LogP contribution in [-0.4, -0.2) is 71.7 Å². The number of rotatable bonds is 18. The maximum atomic E-state index is 13.1. The molecule has 0 aromatic rings. The lowest BCUT2D eigenvalue weighted by atomic mass is 10.0. The zero-order valence-electron chi connectivity index (χ0n) is 22.0. The average Bonchev–Trinajstić information content (AvgIpc) is 2.75. The largest absolute Gasteiger partial charge is 0.481 e. The minimum atomic E-state index is -1.45. The highest BCUT2D eigenvalue weighted by atomic mass is 16.4. The lowest BCUT2D eigenvalue weighted by Gasteiger charge is -2.26. The van der Waals surface area contributed by atoms with Crippen molar-refractivity contribution in [2.75, 3.05) is 6.54 Å². The molecule has 7 N–H and O–H groups in total. The number of nitrogens with one attached hydrogen (secondary N) is 4. The molecule has 0 heterocycles. The third kappa shape index (κ3) is 14.4. The summed E-state index contributed by atoms with van der Waals surface area (Å²) in [6.07, 6.45) is 1.98. The van der Waals surface area contributed by atoms with Gasteiger partial charge in [-0.05, 0) is 50.5 Å². The minimum Gasteiger partial charge on any atom is -0.481 e. The quantitative estimate of drug-likeness (QED) is 0.107. The number of carboxylic acids is 1. The molecular weight excluding hydrogens is 470 g/mol. The van der Waals surface area contributed by atoms with Crippen LogP contribution < -0.4 is 27.0 Å². The Balaban J connectivity index is 5.61. The van der Waals surface area contributed by atoms with Crippen molar-refractivity contribution in [3.05, 3.63) is 0 Å². The third-order valence-corrected chi connectivity index (χ3v) is 5.21. The van der Waals surface area contributed by atoms with Gasteiger partial charge in [0.25, 0.3) is 0 Å². The number of carboxylic acid groups (broad SMARTS) is 1. The van der Waals surface area contributed by atoms with E-state index in [1.54, 1.807) is 0 Å². The Bertz CT molecular complexity index is 757. The van der Waals surface area contributed by atoms with E-state index >= 15 is 0 Å². The fraction of sp³-hybridized carbons (Fsp3) is 0.750. The number of aliphatic carboxylic acids is 1. The molecule has 0 rings (SSSR count). The molecule has 0 saturated heterocycles. The molecule has 0 spiro atoms. The van der Waals surface area contributed by atoms with Crippen LogP contribution in [0.1, 0.15) is 73.1 Å². The first-order valence-electron chi connectivity index (χ1n) is 12.4. The van der Waals surface area contributed by atoms with Crippen LogP contribution in [0, 0.1) is 11.8 Å². The van der Waals surface area contributed by atoms with Crippen molar-refractivity contribution in [1.82, 2.24) is 21.3 Å². The summed E-state index contributed by atoms with van der Waals surface area (Å²) in [5, 5.41) is 19.3. The summed E-state index contributed by atoms with van der Waals surface area (Å²) in [5.74, 6) is -3.78. The molecule has 0 saturated carbocycles. The number of amides is 4. The van der Waals surface area contributed by atoms with E-state index in [4.69, 9.17) is 5.73 Å². The van der Waals surface area contributed by atoms with Gasteiger partial charge in [0.05, 0.1) is 12.5 Å². The van der Waals surface area contributed by atoms with Crippen LogP contribution in [0.2, 0.25) is 0 Å². The molecule has 0 radical (unpaired) electrons. The predicted octanol–water partition coefficient (Wildman–Crippen LogP) is -0.160. The van der Waals surface area contributed by atoms with Crippen molar-refractivity contribution in [2.24, 2.45) is 17.6 Å². The minimum absolute atomic E-state index is 0.0326. The lowest BCUT2D eigenvalue weighted by Crippen LogP contribution is -2.58. The number of carbonyl (C=O) groups excluding carboxylic acids is 5. The highest BCUT2D eigenvalue weighted by Crippen LogP contribution is 2.09. The molecule has 4 amide bonds. The van der Waals surface area contributed by atoms with Crippen LogP contribution in [0.25, 0.3) is 0 Å². The molecule has 0 aromatic heterocycles. The van der Waals surface area contributed by atoms with E-state index in [2.05, 4.69) is 21.3 Å². The van der Waals surface area contributed by atoms with Crippen molar-refractivity contribution in [3.8, 4) is 0 Å². The Hall–Kier alpha value is -3.02. The Morgan fingerprint density at radius 3 is 1.78 bits per heavy atom. The fourth-order valence-electron chi connectivity index (χ4n) is 3.58. The van der Waals surface area contributed by atoms with Crippen LogP contribution in [0.15, 0.2) is 0 Å². The van der Waals surface area contributed by atoms with E-state index in [1.807, 2.05) is 27.7 Å². The second-order valence-corrected chi connectivity index (χ2v) is 9.77. The molecule has 206 valence electrons. The zero-order chi connectivity index (χ0) is 27.8. The maximum absolute atomic E-state index is 13.1. The van der Waals surface area contributed by atoms with Crippen LogP contribution in [0.4, 0.5) is 0 Å². The van der Waals surface area contributed by atoms with Gasteiger partial charge in [-0.3, -0.25) is 24.0 Å². The van der Waals surface area contributed by atoms with E-state index < -0.39 is 60.2 Å². The van der Waals surface area contributed by atoms with E-state index in [0.717, 1.165) is 0 Å². The molecular formula is C24H43N5O7. The van der Waals surface area contributed by atoms with E-state index in [1.165, 1.54) is 6.92 Å². The van der Waals surface area contributed by atoms with Gasteiger partial charge in [-0.1, -0.05) is 27.7 Å². The second kappa shape index (κ2) is 17.4. The number of nitrogens with two attached hydrogens (primary N) is 1. The van der Waals surface area contributed by atoms with Crippen molar-refractivity contribution in [1.29, 1.82) is 0 Å². The van der Waals surface area contributed by atoms with Crippen LogP contribution in [0.5, 0.6) is 0 Å². The second-order valence-electron chi connectivity index (χ2n) is 9.77. The Kier molecular flexibility index (Phi) is 16.0. The third-order valence-electron chi connectivity index (χ3n) is 5.21. The van der Waals surface area contributed by atoms with Gasteiger partial charge >= 0.3 is 5.97 Å². The molecule has 0 aromatic carbocycles. The van der Waals surface area contributed by atoms with Crippen LogP contribution >= 0.6 is 0 Å². The van der Waals surface area contributed by atoms with Gasteiger partial charge in [0.2, 0.25) is 23.6 Å². The molecule has 0 aliphatic carbocycles. The van der Waals surface area contributed by atoms with Gasteiger partial charge < -0.3 is 36.9 Å². The Labute approximate surface area is 212 Å². The molecule has 0 bridgehead atoms. The van der Waals surface area contributed by atoms with Gasteiger partial charge in [-0.2, -0.15) is 0 Å². The molecule has 4 atom stereocenters. The summed E-state index contributed by atoms with van der Waals surface area (Å²) in [4.78, 5) is 72.9. The highest BCUT2D eigenvalue weighted by Gasteiger charge is 2.31. The zero-order valence-corrected chi connectivity index (χ0v) is 22.0. The first-order valence-corrected chi connectivity index (χ1v) is 12.4. The van der Waals surface area contributed by atoms with Crippen molar-refractivity contribution >= 4 is 35.9 Å². The summed E-state index contributed by atoms with van der Waals surface area (Å²) < 4.78 is 0. The first kappa shape index (κ1) is 33.0. The van der Waals surface area contributed by atoms with Gasteiger partial charge in [0, 0.05) is 6.92 Å². The normalized spacial score (nSPS) is 14.3. The summed E-state index contributed by atoms with van der Waals surface area (Å²) >= 11 is 0. The standard InChI is InChI=1S/C24H43N5O7/c1-14(2)10-17(13-30)27-23(35)20(12-21(32)33)29-24(36)19(11-15(3)4)28-22(34)18(26-16(5)31)8-6-7-9-25/h13-15,17-20H,6-12,25H2,1-5H3,(H,26,31)(H,27,35)(H,28,34)(H,29,36)(H,32,33)/t17-,18-,19-,20-/m0/s1. The predicted molar refractivity (Wildman–Crippen MR) is 134 cm³/mol. The van der Waals surface area contributed by atoms with Gasteiger partial charge in [0.1, 0.15) is 24.4 Å². The number of hydrogen-bond acceptors (Lipinski definition) is 7. The molecule has 36 heavy (non-hydrogen) atoms. The lowest BCUT2D eigenvalue weighted by molar-refractivity contribution is -0.141. The van der Waals surface area contributed by atoms with Gasteiger partial charge in [0.15, 0.2) is 0 Å². The van der Waals surface area contributed by atoms with E-state index in [9.17, 15) is 33.9 Å². The number of aldehydes is 1. The Morgan fingerprint density at radius 1 is 0.778 bits per heavy atom. The number of unbranched alkanes of at least 4 members (excludes halogenated alkanes) is 1. The maximum Gasteiger partial charge on any atom is 0.305 e. The number of hydrogen-bond donors (Lipinski definition) is 6. The first-order chi connectivity index (χ1) is 16.8. The summed E-state index contributed by atoms with van der Waals surface area (Å²) in [6.45, 7) is 9.11. The van der Waals surface area contributed by atoms with Gasteiger partial charge in [-0.15, -0.1) is 0 Å². The molecule has 0 aliphatic heterocycles. The summed E-state index contributed by atoms with van der Waals surface area (Å²) in [7, 11) is 0. The molecule has 0 unspecified atom stereocenters. The van der Waals surface area contributed by atoms with Crippen molar-refractivity contribution < 1.29 is 33.9 Å². The summed E-state index contributed by atoms with van der Waals surface area (Å²) in [6, 6.07) is -4.24. The van der Waals surface area contributed by atoms with Crippen molar-refractivity contribution in [3.63, 3.8) is 0 Å². The monoisotopic (exact) mass is 513 g/mol. The SMILES string of the molecule is CC(=O)N[C@@H](CCCCN)C(=O)N[C@@H](CC(C)C)C(=O)N[C@@H](CC(=O)O)C(=O)N[C@H](C=O)CC(C)C. The summed E-state index contributed by atoms with van der Waals surface area (Å²) in [5.41, 5.74) is 5.50. The van der Waals surface area contributed by atoms with Crippen LogP contribution in [-0.2, 0) is 28.8 Å². The fourth-order valence-corrected chi connectivity index (χ4v) is 3.58. The van der Waals surface area contributed by atoms with E-state index in [-0.39, 0.29) is 18.3 Å². The molecule has 12 nitrogen and oxygen atoms in total.